The molecule has 0 aliphatic rings. The third-order valence-electron chi connectivity index (χ3n) is 5.50. The first-order chi connectivity index (χ1) is 16.0. The van der Waals surface area contributed by atoms with Crippen molar-refractivity contribution >= 4 is 17.2 Å². The molecule has 1 amide bonds. The third-order valence-corrected chi connectivity index (χ3v) is 5.50. The lowest BCUT2D eigenvalue weighted by atomic mass is 10.2. The van der Waals surface area contributed by atoms with Crippen LogP contribution in [0.4, 0.5) is 5.69 Å². The van der Waals surface area contributed by atoms with Crippen molar-refractivity contribution in [1.82, 2.24) is 23.9 Å². The summed E-state index contributed by atoms with van der Waals surface area (Å²) in [5.41, 5.74) is 12.1. The number of aryl methyl sites for hydroxylation is 2. The average Bonchev–Trinajstić information content (AvgIpc) is 3.42. The van der Waals surface area contributed by atoms with Crippen molar-refractivity contribution in [3.63, 3.8) is 0 Å². The number of primary amides is 1. The number of carbonyl (C=O) groups excluding carboxylic acids is 1. The van der Waals surface area contributed by atoms with Crippen molar-refractivity contribution in [3.05, 3.63) is 95.8 Å². The highest BCUT2D eigenvalue weighted by Gasteiger charge is 2.16. The number of para-hydroxylation sites is 1. The van der Waals surface area contributed by atoms with Gasteiger partial charge in [-0.1, -0.05) is 24.3 Å². The molecule has 0 unspecified atom stereocenters. The molecule has 0 fully saturated rings. The number of hydrogen-bond acceptors (Lipinski definition) is 5. The number of fused-ring (bicyclic) bond motifs is 1. The number of pyridine rings is 2. The van der Waals surface area contributed by atoms with Gasteiger partial charge in [0.1, 0.15) is 17.0 Å². The van der Waals surface area contributed by atoms with Crippen LogP contribution in [-0.4, -0.2) is 29.8 Å². The van der Waals surface area contributed by atoms with E-state index in [-0.39, 0.29) is 0 Å². The molecule has 33 heavy (non-hydrogen) atoms. The lowest BCUT2D eigenvalue weighted by molar-refractivity contribution is 0.0994. The Morgan fingerprint density at radius 1 is 1.00 bits per heavy atom. The summed E-state index contributed by atoms with van der Waals surface area (Å²) in [5, 5.41) is 3.46. The minimum atomic E-state index is -0.533. The summed E-state index contributed by atoms with van der Waals surface area (Å²) in [7, 11) is 0. The smallest absolute Gasteiger partial charge is 0.267 e. The molecular formula is C25H23N7O. The first kappa shape index (κ1) is 20.4. The van der Waals surface area contributed by atoms with Gasteiger partial charge in [0.15, 0.2) is 5.82 Å². The van der Waals surface area contributed by atoms with Crippen molar-refractivity contribution in [2.45, 2.75) is 20.4 Å². The zero-order chi connectivity index (χ0) is 22.9. The lowest BCUT2D eigenvalue weighted by Crippen LogP contribution is -2.13. The zero-order valence-electron chi connectivity index (χ0n) is 18.4. The van der Waals surface area contributed by atoms with Gasteiger partial charge in [-0.3, -0.25) is 13.8 Å². The number of benzene rings is 1. The maximum Gasteiger partial charge on any atom is 0.267 e. The van der Waals surface area contributed by atoms with Gasteiger partial charge in [-0.2, -0.15) is 0 Å². The number of nitrogens with one attached hydrogen (secondary N) is 1. The van der Waals surface area contributed by atoms with Crippen molar-refractivity contribution in [1.29, 1.82) is 0 Å². The van der Waals surface area contributed by atoms with E-state index < -0.39 is 5.91 Å². The highest BCUT2D eigenvalue weighted by molar-refractivity contribution is 5.91. The van der Waals surface area contributed by atoms with Gasteiger partial charge in [0.2, 0.25) is 0 Å². The summed E-state index contributed by atoms with van der Waals surface area (Å²) in [4.78, 5) is 25.6. The van der Waals surface area contributed by atoms with E-state index in [9.17, 15) is 4.79 Å². The topological polar surface area (TPSA) is 103 Å². The predicted molar refractivity (Wildman–Crippen MR) is 127 cm³/mol. The van der Waals surface area contributed by atoms with Gasteiger partial charge in [0.25, 0.3) is 5.91 Å². The molecule has 164 valence electrons. The number of anilines is 1. The van der Waals surface area contributed by atoms with Crippen molar-refractivity contribution in [2.24, 2.45) is 5.73 Å². The second-order valence-corrected chi connectivity index (χ2v) is 7.88. The largest absolute Gasteiger partial charge is 0.379 e. The molecule has 0 bridgehead atoms. The molecule has 0 radical (unpaired) electrons. The molecule has 0 saturated carbocycles. The monoisotopic (exact) mass is 437 g/mol. The molecular weight excluding hydrogens is 414 g/mol. The fraction of sp³-hybridized carbons (Fsp3) is 0.120. The van der Waals surface area contributed by atoms with E-state index >= 15 is 0 Å². The van der Waals surface area contributed by atoms with Crippen LogP contribution in [0.25, 0.3) is 22.9 Å². The van der Waals surface area contributed by atoms with Crippen LogP contribution < -0.4 is 11.1 Å². The molecule has 4 heterocycles. The number of carbonyl (C=O) groups is 1. The van der Waals surface area contributed by atoms with Gasteiger partial charge in [0, 0.05) is 23.8 Å². The molecule has 8 nitrogen and oxygen atoms in total. The van der Waals surface area contributed by atoms with Crippen LogP contribution in [0.1, 0.15) is 27.4 Å². The first-order valence-corrected chi connectivity index (χ1v) is 10.6. The minimum absolute atomic E-state index is 0.323. The number of amides is 1. The molecule has 0 spiro atoms. The van der Waals surface area contributed by atoms with E-state index in [4.69, 9.17) is 10.7 Å². The molecule has 4 aromatic heterocycles. The fourth-order valence-electron chi connectivity index (χ4n) is 3.81. The van der Waals surface area contributed by atoms with Gasteiger partial charge < -0.3 is 11.1 Å². The van der Waals surface area contributed by atoms with E-state index in [1.807, 2.05) is 72.4 Å². The highest BCUT2D eigenvalue weighted by atomic mass is 16.1. The van der Waals surface area contributed by atoms with Crippen LogP contribution in [0.5, 0.6) is 0 Å². The summed E-state index contributed by atoms with van der Waals surface area (Å²) in [6.45, 7) is 4.57. The van der Waals surface area contributed by atoms with Crippen molar-refractivity contribution in [3.8, 4) is 17.2 Å². The summed E-state index contributed by atoms with van der Waals surface area (Å²) in [5.74, 6) is 0.175. The number of nitrogens with zero attached hydrogens (tertiary/aromatic N) is 5. The standard InChI is InChI=1S/C25H23N7O/c1-16-6-3-4-8-20(16)27-12-18-14-31(25(30-18)21-9-5-7-17(2)29-21)19-10-11-23-28-13-22(24(26)33)32(23)15-19/h3-11,13-15,27H,12H2,1-2H3,(H2,26,33). The number of imidazole rings is 2. The van der Waals surface area contributed by atoms with Crippen LogP contribution in [0.15, 0.2) is 73.2 Å². The van der Waals surface area contributed by atoms with Gasteiger partial charge in [0.05, 0.1) is 24.1 Å². The Kier molecular flexibility index (Phi) is 5.10. The average molecular weight is 438 g/mol. The van der Waals surface area contributed by atoms with Crippen molar-refractivity contribution in [2.75, 3.05) is 5.32 Å². The molecule has 0 saturated heterocycles. The molecule has 0 aliphatic carbocycles. The number of rotatable bonds is 6. The summed E-state index contributed by atoms with van der Waals surface area (Å²) in [6.07, 6.45) is 5.30. The molecule has 8 heteroatoms. The summed E-state index contributed by atoms with van der Waals surface area (Å²) in [6, 6.07) is 17.8. The molecule has 0 aliphatic heterocycles. The predicted octanol–water partition coefficient (Wildman–Crippen LogP) is 3.91. The summed E-state index contributed by atoms with van der Waals surface area (Å²) < 4.78 is 3.66. The second kappa shape index (κ2) is 8.23. The maximum atomic E-state index is 11.8. The van der Waals surface area contributed by atoms with E-state index in [1.165, 1.54) is 11.8 Å². The molecule has 0 atom stereocenters. The lowest BCUT2D eigenvalue weighted by Gasteiger charge is -2.09. The van der Waals surface area contributed by atoms with Gasteiger partial charge in [-0.15, -0.1) is 0 Å². The number of nitrogens with two attached hydrogens (primary N) is 1. The molecule has 5 rings (SSSR count). The molecule has 1 aromatic carbocycles. The van der Waals surface area contributed by atoms with Gasteiger partial charge in [-0.05, 0) is 49.7 Å². The van der Waals surface area contributed by atoms with Gasteiger partial charge >= 0.3 is 0 Å². The van der Waals surface area contributed by atoms with E-state index in [1.54, 1.807) is 4.40 Å². The van der Waals surface area contributed by atoms with Crippen molar-refractivity contribution < 1.29 is 4.79 Å². The Balaban J connectivity index is 1.59. The minimum Gasteiger partial charge on any atom is -0.379 e. The Hall–Kier alpha value is -4.46. The second-order valence-electron chi connectivity index (χ2n) is 7.88. The van der Waals surface area contributed by atoms with E-state index in [0.29, 0.717) is 23.7 Å². The SMILES string of the molecule is Cc1cccc(-c2nc(CNc3ccccc3C)cn2-c2ccc3ncc(C(N)=O)n3c2)n1. The van der Waals surface area contributed by atoms with Gasteiger partial charge in [-0.25, -0.2) is 15.0 Å². The Morgan fingerprint density at radius 3 is 2.64 bits per heavy atom. The Labute approximate surface area is 190 Å². The van der Waals surface area contributed by atoms with Crippen LogP contribution in [-0.2, 0) is 6.54 Å². The Bertz CT molecular complexity index is 1480. The fourth-order valence-corrected chi connectivity index (χ4v) is 3.81. The van der Waals surface area contributed by atoms with E-state index in [0.717, 1.165) is 28.5 Å². The van der Waals surface area contributed by atoms with Crippen LogP contribution >= 0.6 is 0 Å². The highest BCUT2D eigenvalue weighted by Crippen LogP contribution is 2.24. The number of aromatic nitrogens is 5. The zero-order valence-corrected chi connectivity index (χ0v) is 18.4. The molecule has 3 N–H and O–H groups in total. The van der Waals surface area contributed by atoms with Crippen LogP contribution in [0.3, 0.4) is 0 Å². The Morgan fingerprint density at radius 2 is 1.85 bits per heavy atom. The first-order valence-electron chi connectivity index (χ1n) is 10.6. The normalized spacial score (nSPS) is 11.1. The summed E-state index contributed by atoms with van der Waals surface area (Å²) >= 11 is 0. The van der Waals surface area contributed by atoms with Crippen LogP contribution in [0.2, 0.25) is 0 Å². The van der Waals surface area contributed by atoms with E-state index in [2.05, 4.69) is 28.3 Å². The number of hydrogen-bond donors (Lipinski definition) is 2. The third kappa shape index (κ3) is 3.94. The maximum absolute atomic E-state index is 11.8. The molecule has 5 aromatic rings. The quantitative estimate of drug-likeness (QED) is 0.419. The van der Waals surface area contributed by atoms with Crippen LogP contribution in [0, 0.1) is 13.8 Å².